The largest absolute Gasteiger partial charge is 0.379 e. The van der Waals surface area contributed by atoms with Crippen molar-refractivity contribution in [1.82, 2.24) is 29.0 Å². The van der Waals surface area contributed by atoms with E-state index in [1.165, 1.54) is 24.4 Å². The molecule has 3 aromatic rings. The van der Waals surface area contributed by atoms with Crippen molar-refractivity contribution in [1.29, 1.82) is 0 Å². The van der Waals surface area contributed by atoms with E-state index in [1.807, 2.05) is 24.0 Å². The van der Waals surface area contributed by atoms with Crippen LogP contribution in [0, 0.1) is 6.92 Å². The molecule has 0 atom stereocenters. The van der Waals surface area contributed by atoms with Gasteiger partial charge in [-0.2, -0.15) is 19.4 Å². The molecule has 1 aliphatic carbocycles. The maximum Gasteiger partial charge on any atom is 0.230 e. The standard InChI is InChI=1S/C22H30N8O2S/c1-14-19-20(24-15-2-4-17(5-3-15)29-6-8-31-9-7-29)26-22(27-21(19)33-28-14)25-16-10-23-30(11-16)18-12-32-13-18/h10-11,15,17-18H,2-9,12-13H2,1H3,(H2,24,25,26,27). The lowest BCUT2D eigenvalue weighted by Crippen LogP contribution is -2.46. The third kappa shape index (κ3) is 4.42. The fourth-order valence-electron chi connectivity index (χ4n) is 4.98. The van der Waals surface area contributed by atoms with Gasteiger partial charge < -0.3 is 20.1 Å². The number of hydrogen-bond acceptors (Lipinski definition) is 10. The van der Waals surface area contributed by atoms with Crippen molar-refractivity contribution < 1.29 is 9.47 Å². The minimum Gasteiger partial charge on any atom is -0.379 e. The molecular formula is C22H30N8O2S. The third-order valence-electron chi connectivity index (χ3n) is 6.96. The first-order valence-corrected chi connectivity index (χ1v) is 12.6. The second kappa shape index (κ2) is 9.13. The second-order valence-corrected chi connectivity index (χ2v) is 9.92. The van der Waals surface area contributed by atoms with Gasteiger partial charge in [0.25, 0.3) is 0 Å². The Morgan fingerprint density at radius 3 is 2.61 bits per heavy atom. The lowest BCUT2D eigenvalue weighted by atomic mass is 9.90. The maximum absolute atomic E-state index is 5.52. The summed E-state index contributed by atoms with van der Waals surface area (Å²) in [5.74, 6) is 1.45. The highest BCUT2D eigenvalue weighted by Gasteiger charge is 2.28. The predicted octanol–water partition coefficient (Wildman–Crippen LogP) is 2.96. The van der Waals surface area contributed by atoms with Gasteiger partial charge >= 0.3 is 0 Å². The number of nitrogens with one attached hydrogen (secondary N) is 2. The molecule has 1 saturated carbocycles. The molecule has 0 amide bonds. The lowest BCUT2D eigenvalue weighted by Gasteiger charge is -2.39. The Labute approximate surface area is 196 Å². The zero-order valence-electron chi connectivity index (χ0n) is 18.9. The number of anilines is 3. The van der Waals surface area contributed by atoms with E-state index in [-0.39, 0.29) is 0 Å². The number of aryl methyl sites for hydroxylation is 1. The van der Waals surface area contributed by atoms with Crippen LogP contribution in [0.4, 0.5) is 17.5 Å². The highest BCUT2D eigenvalue weighted by molar-refractivity contribution is 7.13. The van der Waals surface area contributed by atoms with E-state index in [2.05, 4.69) is 25.0 Å². The minimum atomic E-state index is 0.318. The summed E-state index contributed by atoms with van der Waals surface area (Å²) in [6, 6.07) is 1.41. The molecule has 3 fully saturated rings. The van der Waals surface area contributed by atoms with Crippen molar-refractivity contribution in [2.45, 2.75) is 50.7 Å². The number of ether oxygens (including phenoxy) is 2. The van der Waals surface area contributed by atoms with Gasteiger partial charge in [-0.05, 0) is 44.1 Å². The molecule has 11 heteroatoms. The number of morpholine rings is 1. The third-order valence-corrected chi connectivity index (χ3v) is 7.79. The van der Waals surface area contributed by atoms with E-state index in [1.54, 1.807) is 0 Å². The Morgan fingerprint density at radius 2 is 1.85 bits per heavy atom. The SMILES string of the molecule is Cc1nsc2nc(Nc3cnn(C4COC4)c3)nc(NC3CCC(N4CCOCC4)CC3)c12. The first-order valence-electron chi connectivity index (χ1n) is 11.8. The lowest BCUT2D eigenvalue weighted by molar-refractivity contribution is -0.0286. The number of nitrogens with zero attached hydrogens (tertiary/aromatic N) is 6. The maximum atomic E-state index is 5.52. The molecule has 0 unspecified atom stereocenters. The van der Waals surface area contributed by atoms with Gasteiger partial charge in [-0.1, -0.05) is 0 Å². The number of fused-ring (bicyclic) bond motifs is 1. The molecule has 10 nitrogen and oxygen atoms in total. The van der Waals surface area contributed by atoms with E-state index in [0.717, 1.165) is 66.6 Å². The van der Waals surface area contributed by atoms with E-state index >= 15 is 0 Å². The Balaban J connectivity index is 1.17. The molecule has 0 bridgehead atoms. The minimum absolute atomic E-state index is 0.318. The van der Waals surface area contributed by atoms with Gasteiger partial charge in [0.05, 0.1) is 55.4 Å². The van der Waals surface area contributed by atoms with Crippen LogP contribution in [0.1, 0.15) is 37.4 Å². The van der Waals surface area contributed by atoms with Crippen LogP contribution < -0.4 is 10.6 Å². The van der Waals surface area contributed by atoms with Crippen LogP contribution >= 0.6 is 11.5 Å². The first-order chi connectivity index (χ1) is 16.2. The summed E-state index contributed by atoms with van der Waals surface area (Å²) in [4.78, 5) is 13.1. The Hall–Kier alpha value is -2.34. The summed E-state index contributed by atoms with van der Waals surface area (Å²) < 4.78 is 17.3. The van der Waals surface area contributed by atoms with Crippen molar-refractivity contribution in [3.05, 3.63) is 18.1 Å². The second-order valence-electron chi connectivity index (χ2n) is 9.17. The van der Waals surface area contributed by atoms with Crippen LogP contribution in [-0.4, -0.2) is 80.6 Å². The fourth-order valence-corrected chi connectivity index (χ4v) is 5.76. The normalized spacial score (nSPS) is 24.6. The highest BCUT2D eigenvalue weighted by atomic mass is 32.1. The molecule has 3 aromatic heterocycles. The van der Waals surface area contributed by atoms with Crippen LogP contribution in [-0.2, 0) is 9.47 Å². The smallest absolute Gasteiger partial charge is 0.230 e. The summed E-state index contributed by atoms with van der Waals surface area (Å²) in [6.07, 6.45) is 8.50. The highest BCUT2D eigenvalue weighted by Crippen LogP contribution is 2.32. The molecule has 0 radical (unpaired) electrons. The molecule has 3 aliphatic rings. The number of rotatable bonds is 6. The van der Waals surface area contributed by atoms with Crippen LogP contribution in [0.25, 0.3) is 10.2 Å². The van der Waals surface area contributed by atoms with Gasteiger partial charge in [0, 0.05) is 31.4 Å². The molecule has 0 aromatic carbocycles. The van der Waals surface area contributed by atoms with Gasteiger partial charge in [0.2, 0.25) is 5.95 Å². The zero-order valence-corrected chi connectivity index (χ0v) is 19.7. The van der Waals surface area contributed by atoms with Crippen LogP contribution in [0.5, 0.6) is 0 Å². The van der Waals surface area contributed by atoms with Crippen molar-refractivity contribution >= 4 is 39.2 Å². The van der Waals surface area contributed by atoms with E-state index in [0.29, 0.717) is 37.3 Å². The summed E-state index contributed by atoms with van der Waals surface area (Å²) in [5, 5.41) is 12.5. The van der Waals surface area contributed by atoms with Gasteiger partial charge in [-0.15, -0.1) is 0 Å². The van der Waals surface area contributed by atoms with E-state index < -0.39 is 0 Å². The van der Waals surface area contributed by atoms with Crippen molar-refractivity contribution in [2.75, 3.05) is 50.2 Å². The first kappa shape index (κ1) is 21.2. The van der Waals surface area contributed by atoms with Crippen LogP contribution in [0.15, 0.2) is 12.4 Å². The molecule has 33 heavy (non-hydrogen) atoms. The van der Waals surface area contributed by atoms with E-state index in [4.69, 9.17) is 19.4 Å². The summed E-state index contributed by atoms with van der Waals surface area (Å²) >= 11 is 1.42. The molecule has 5 heterocycles. The van der Waals surface area contributed by atoms with Crippen molar-refractivity contribution in [2.24, 2.45) is 0 Å². The molecule has 0 spiro atoms. The van der Waals surface area contributed by atoms with Crippen LogP contribution in [0.3, 0.4) is 0 Å². The Morgan fingerprint density at radius 1 is 1.03 bits per heavy atom. The average molecular weight is 471 g/mol. The number of aromatic nitrogens is 5. The molecule has 2 N–H and O–H groups in total. The number of hydrogen-bond donors (Lipinski definition) is 2. The summed E-state index contributed by atoms with van der Waals surface area (Å²) in [5.41, 5.74) is 1.85. The monoisotopic (exact) mass is 470 g/mol. The van der Waals surface area contributed by atoms with Gasteiger partial charge in [-0.25, -0.2) is 0 Å². The van der Waals surface area contributed by atoms with Gasteiger partial charge in [-0.3, -0.25) is 9.58 Å². The van der Waals surface area contributed by atoms with Crippen molar-refractivity contribution in [3.8, 4) is 0 Å². The summed E-state index contributed by atoms with van der Waals surface area (Å²) in [6.45, 7) is 7.32. The molecule has 2 aliphatic heterocycles. The van der Waals surface area contributed by atoms with Crippen LogP contribution in [0.2, 0.25) is 0 Å². The molecular weight excluding hydrogens is 440 g/mol. The van der Waals surface area contributed by atoms with E-state index in [9.17, 15) is 0 Å². The van der Waals surface area contributed by atoms with Crippen molar-refractivity contribution in [3.63, 3.8) is 0 Å². The topological polar surface area (TPSA) is 102 Å². The van der Waals surface area contributed by atoms with Gasteiger partial charge in [0.1, 0.15) is 5.82 Å². The Kier molecular flexibility index (Phi) is 5.87. The van der Waals surface area contributed by atoms with Gasteiger partial charge in [0.15, 0.2) is 4.83 Å². The quantitative estimate of drug-likeness (QED) is 0.563. The Bertz CT molecular complexity index is 1100. The zero-order chi connectivity index (χ0) is 22.2. The average Bonchev–Trinajstić information content (AvgIpc) is 3.40. The predicted molar refractivity (Wildman–Crippen MR) is 127 cm³/mol. The fraction of sp³-hybridized carbons (Fsp3) is 0.636. The summed E-state index contributed by atoms with van der Waals surface area (Å²) in [7, 11) is 0. The molecule has 176 valence electrons. The molecule has 6 rings (SSSR count). The molecule has 2 saturated heterocycles.